The number of benzene rings is 2. The van der Waals surface area contributed by atoms with E-state index >= 15 is 0 Å². The lowest BCUT2D eigenvalue weighted by Gasteiger charge is -2.12. The molecule has 0 aliphatic carbocycles. The van der Waals surface area contributed by atoms with E-state index in [9.17, 15) is 26.9 Å². The summed E-state index contributed by atoms with van der Waals surface area (Å²) in [4.78, 5) is 9.65. The van der Waals surface area contributed by atoms with Crippen LogP contribution in [0.4, 0.5) is 11.4 Å². The monoisotopic (exact) mass is 385 g/mol. The second-order valence-electron chi connectivity index (χ2n) is 5.34. The van der Waals surface area contributed by atoms with Crippen molar-refractivity contribution in [1.82, 2.24) is 0 Å². The molecule has 0 fully saturated rings. The van der Waals surface area contributed by atoms with Gasteiger partial charge in [0, 0.05) is 12.1 Å². The third-order valence-corrected chi connectivity index (χ3v) is 6.00. The van der Waals surface area contributed by atoms with Crippen molar-refractivity contribution in [2.75, 3.05) is 4.72 Å². The molecule has 0 saturated heterocycles. The molecule has 0 unspecified atom stereocenters. The Kier molecular flexibility index (Phi) is 4.84. The molecule has 0 aliphatic heterocycles. The molecule has 0 amide bonds. The second kappa shape index (κ2) is 6.43. The van der Waals surface area contributed by atoms with Crippen LogP contribution in [0.15, 0.2) is 46.2 Å². The highest BCUT2D eigenvalue weighted by molar-refractivity contribution is 7.92. The number of primary sulfonamides is 1. The van der Waals surface area contributed by atoms with Crippen molar-refractivity contribution in [3.05, 3.63) is 57.6 Å². The topological polar surface area (TPSA) is 149 Å². The van der Waals surface area contributed by atoms with Crippen molar-refractivity contribution >= 4 is 31.4 Å². The van der Waals surface area contributed by atoms with E-state index in [0.717, 1.165) is 12.1 Å². The van der Waals surface area contributed by atoms with Crippen LogP contribution in [-0.4, -0.2) is 21.8 Å². The third kappa shape index (κ3) is 4.13. The van der Waals surface area contributed by atoms with Gasteiger partial charge in [0.2, 0.25) is 10.0 Å². The van der Waals surface area contributed by atoms with E-state index in [1.165, 1.54) is 38.1 Å². The lowest BCUT2D eigenvalue weighted by atomic mass is 10.2. The molecule has 0 radical (unpaired) electrons. The summed E-state index contributed by atoms with van der Waals surface area (Å²) in [6, 6.07) is 7.31. The van der Waals surface area contributed by atoms with Crippen LogP contribution >= 0.6 is 0 Å². The number of nitrogens with two attached hydrogens (primary N) is 1. The van der Waals surface area contributed by atoms with Crippen molar-refractivity contribution in [1.29, 1.82) is 0 Å². The molecule has 2 rings (SSSR count). The first kappa shape index (κ1) is 18.8. The first-order valence-corrected chi connectivity index (χ1v) is 9.86. The normalized spacial score (nSPS) is 12.0. The van der Waals surface area contributed by atoms with E-state index in [1.54, 1.807) is 0 Å². The highest BCUT2D eigenvalue weighted by atomic mass is 32.2. The number of aryl methyl sites for hydroxylation is 2. The number of rotatable bonds is 5. The number of non-ortho nitro benzene ring substituents is 1. The van der Waals surface area contributed by atoms with Crippen molar-refractivity contribution in [2.24, 2.45) is 5.14 Å². The van der Waals surface area contributed by atoms with Crippen LogP contribution in [0, 0.1) is 24.0 Å². The summed E-state index contributed by atoms with van der Waals surface area (Å²) < 4.78 is 50.4. The quantitative estimate of drug-likeness (QED) is 0.590. The third-order valence-electron chi connectivity index (χ3n) is 3.42. The Labute approximate surface area is 144 Å². The van der Waals surface area contributed by atoms with Gasteiger partial charge in [-0.05, 0) is 37.1 Å². The highest BCUT2D eigenvalue weighted by Gasteiger charge is 2.22. The predicted molar refractivity (Wildman–Crippen MR) is 91.2 cm³/mol. The molecule has 9 nitrogen and oxygen atoms in total. The summed E-state index contributed by atoms with van der Waals surface area (Å²) in [7, 11) is -8.19. The summed E-state index contributed by atoms with van der Waals surface area (Å²) in [5.41, 5.74) is 0.259. The SMILES string of the molecule is Cc1ccc(NS(=O)(=O)c2cc([N+](=O)[O-])ccc2C)cc1S(N)(=O)=O. The van der Waals surface area contributed by atoms with Gasteiger partial charge in [-0.1, -0.05) is 12.1 Å². The Bertz CT molecular complexity index is 1060. The Morgan fingerprint density at radius 1 is 0.960 bits per heavy atom. The number of nitrogens with zero attached hydrogens (tertiary/aromatic N) is 1. The maximum absolute atomic E-state index is 12.5. The Morgan fingerprint density at radius 3 is 2.08 bits per heavy atom. The van der Waals surface area contributed by atoms with Crippen LogP contribution in [0.1, 0.15) is 11.1 Å². The fourth-order valence-corrected chi connectivity index (χ4v) is 4.30. The molecule has 11 heteroatoms. The minimum absolute atomic E-state index is 0.0273. The first-order valence-electron chi connectivity index (χ1n) is 6.83. The van der Waals surface area contributed by atoms with Crippen LogP contribution < -0.4 is 9.86 Å². The van der Waals surface area contributed by atoms with E-state index in [2.05, 4.69) is 4.72 Å². The number of nitrogens with one attached hydrogen (secondary N) is 1. The molecular weight excluding hydrogens is 370 g/mol. The molecule has 0 aliphatic rings. The molecule has 0 atom stereocenters. The van der Waals surface area contributed by atoms with Gasteiger partial charge in [0.05, 0.1) is 20.4 Å². The number of anilines is 1. The van der Waals surface area contributed by atoms with Gasteiger partial charge in [-0.3, -0.25) is 14.8 Å². The minimum Gasteiger partial charge on any atom is -0.280 e. The first-order chi connectivity index (χ1) is 11.4. The summed E-state index contributed by atoms with van der Waals surface area (Å²) in [5, 5.41) is 16.0. The molecule has 2 aromatic carbocycles. The fraction of sp³-hybridized carbons (Fsp3) is 0.143. The minimum atomic E-state index is -4.17. The largest absolute Gasteiger partial charge is 0.280 e. The summed E-state index contributed by atoms with van der Waals surface area (Å²) >= 11 is 0. The number of hydrogen-bond acceptors (Lipinski definition) is 6. The molecule has 0 saturated carbocycles. The fourth-order valence-electron chi connectivity index (χ4n) is 2.17. The van der Waals surface area contributed by atoms with Crippen LogP contribution in [0.25, 0.3) is 0 Å². The lowest BCUT2D eigenvalue weighted by molar-refractivity contribution is -0.385. The maximum Gasteiger partial charge on any atom is 0.270 e. The van der Waals surface area contributed by atoms with Gasteiger partial charge in [0.25, 0.3) is 15.7 Å². The molecule has 3 N–H and O–H groups in total. The molecular formula is C14H15N3O6S2. The molecule has 2 aromatic rings. The van der Waals surface area contributed by atoms with Gasteiger partial charge in [-0.2, -0.15) is 0 Å². The van der Waals surface area contributed by atoms with E-state index in [-0.39, 0.29) is 21.2 Å². The maximum atomic E-state index is 12.5. The average molecular weight is 385 g/mol. The van der Waals surface area contributed by atoms with Crippen molar-refractivity contribution < 1.29 is 21.8 Å². The summed E-state index contributed by atoms with van der Waals surface area (Å²) in [6.07, 6.45) is 0. The Balaban J connectivity index is 2.50. The molecule has 134 valence electrons. The Morgan fingerprint density at radius 2 is 1.52 bits per heavy atom. The lowest BCUT2D eigenvalue weighted by Crippen LogP contribution is -2.17. The van der Waals surface area contributed by atoms with Crippen molar-refractivity contribution in [3.8, 4) is 0 Å². The van der Waals surface area contributed by atoms with Crippen LogP contribution in [0.3, 0.4) is 0 Å². The van der Waals surface area contributed by atoms with Gasteiger partial charge in [-0.15, -0.1) is 0 Å². The van der Waals surface area contributed by atoms with Crippen molar-refractivity contribution in [3.63, 3.8) is 0 Å². The van der Waals surface area contributed by atoms with Gasteiger partial charge in [-0.25, -0.2) is 22.0 Å². The van der Waals surface area contributed by atoms with E-state index in [1.807, 2.05) is 0 Å². The average Bonchev–Trinajstić information content (AvgIpc) is 2.47. The summed E-state index contributed by atoms with van der Waals surface area (Å²) in [6.45, 7) is 3.01. The van der Waals surface area contributed by atoms with Gasteiger partial charge < -0.3 is 0 Å². The number of nitro groups is 1. The molecule has 0 aromatic heterocycles. The second-order valence-corrected chi connectivity index (χ2v) is 8.52. The smallest absolute Gasteiger partial charge is 0.270 e. The van der Waals surface area contributed by atoms with Gasteiger partial charge >= 0.3 is 0 Å². The molecule has 0 bridgehead atoms. The van der Waals surface area contributed by atoms with Crippen LogP contribution in [0.5, 0.6) is 0 Å². The van der Waals surface area contributed by atoms with Gasteiger partial charge in [0.15, 0.2) is 0 Å². The number of nitro benzene ring substituents is 1. The molecule has 25 heavy (non-hydrogen) atoms. The zero-order valence-corrected chi connectivity index (χ0v) is 14.9. The number of sulfonamides is 2. The molecule has 0 heterocycles. The predicted octanol–water partition coefficient (Wildman–Crippen LogP) is 1.66. The van der Waals surface area contributed by atoms with E-state index in [0.29, 0.717) is 11.1 Å². The zero-order valence-electron chi connectivity index (χ0n) is 13.3. The van der Waals surface area contributed by atoms with E-state index < -0.39 is 25.0 Å². The Hall–Kier alpha value is -2.50. The summed E-state index contributed by atoms with van der Waals surface area (Å²) in [5.74, 6) is 0. The van der Waals surface area contributed by atoms with Crippen molar-refractivity contribution in [2.45, 2.75) is 23.6 Å². The number of hydrogen-bond donors (Lipinski definition) is 2. The van der Waals surface area contributed by atoms with Gasteiger partial charge in [0.1, 0.15) is 0 Å². The van der Waals surface area contributed by atoms with Crippen LogP contribution in [0.2, 0.25) is 0 Å². The zero-order chi connectivity index (χ0) is 19.0. The standard InChI is InChI=1S/C14H15N3O6S2/c1-9-3-5-11(7-13(9)24(15,20)21)16-25(22,23)14-8-12(17(18)19)6-4-10(14)2/h3-8,16H,1-2H3,(H2,15,20,21). The highest BCUT2D eigenvalue weighted by Crippen LogP contribution is 2.25. The van der Waals surface area contributed by atoms with Crippen LogP contribution in [-0.2, 0) is 20.0 Å². The van der Waals surface area contributed by atoms with E-state index in [4.69, 9.17) is 5.14 Å². The molecule has 0 spiro atoms.